The van der Waals surface area contributed by atoms with Crippen molar-refractivity contribution in [2.24, 2.45) is 0 Å². The maximum absolute atomic E-state index is 11.2. The zero-order valence-corrected chi connectivity index (χ0v) is 7.33. The number of nitrogens with zero attached hydrogens (tertiary/aromatic N) is 1. The number of ether oxygens (including phenoxy) is 1. The number of H-pyrrole nitrogens is 2. The summed E-state index contributed by atoms with van der Waals surface area (Å²) >= 11 is 0. The normalized spacial score (nSPS) is 10.4. The van der Waals surface area contributed by atoms with E-state index in [1.807, 2.05) is 0 Å². The van der Waals surface area contributed by atoms with Crippen molar-refractivity contribution in [2.75, 3.05) is 7.11 Å². The molecule has 6 heteroatoms. The lowest BCUT2D eigenvalue weighted by molar-refractivity contribution is 0.0602. The number of hydrogen-bond donors (Lipinski definition) is 2. The molecule has 0 saturated carbocycles. The Bertz CT molecular complexity index is 540. The average molecular weight is 193 g/mol. The van der Waals surface area contributed by atoms with E-state index in [9.17, 15) is 9.59 Å². The fourth-order valence-corrected chi connectivity index (χ4v) is 1.22. The summed E-state index contributed by atoms with van der Waals surface area (Å²) in [5.74, 6) is -0.518. The SMILES string of the molecule is COC(=O)c1c[nH]c(=O)c2cn[nH]c12. The number of methoxy groups -OCH3 is 1. The zero-order chi connectivity index (χ0) is 10.1. The molecule has 0 spiro atoms. The highest BCUT2D eigenvalue weighted by molar-refractivity contribution is 6.01. The van der Waals surface area contributed by atoms with Crippen LogP contribution in [0.1, 0.15) is 10.4 Å². The van der Waals surface area contributed by atoms with E-state index in [4.69, 9.17) is 0 Å². The summed E-state index contributed by atoms with van der Waals surface area (Å²) in [6.07, 6.45) is 2.66. The topological polar surface area (TPSA) is 87.8 Å². The van der Waals surface area contributed by atoms with Crippen molar-refractivity contribution in [1.82, 2.24) is 15.2 Å². The van der Waals surface area contributed by atoms with Gasteiger partial charge in [0.1, 0.15) is 5.56 Å². The van der Waals surface area contributed by atoms with E-state index in [2.05, 4.69) is 19.9 Å². The molecule has 2 heterocycles. The number of aromatic amines is 2. The maximum Gasteiger partial charge on any atom is 0.341 e. The van der Waals surface area contributed by atoms with Crippen LogP contribution in [0.25, 0.3) is 10.9 Å². The smallest absolute Gasteiger partial charge is 0.341 e. The molecular weight excluding hydrogens is 186 g/mol. The van der Waals surface area contributed by atoms with Gasteiger partial charge in [0.2, 0.25) is 0 Å². The van der Waals surface area contributed by atoms with Crippen molar-refractivity contribution in [3.05, 3.63) is 28.3 Å². The van der Waals surface area contributed by atoms with Gasteiger partial charge in [-0.25, -0.2) is 4.79 Å². The van der Waals surface area contributed by atoms with Crippen molar-refractivity contribution >= 4 is 16.9 Å². The number of hydrogen-bond acceptors (Lipinski definition) is 4. The van der Waals surface area contributed by atoms with Crippen molar-refractivity contribution in [1.29, 1.82) is 0 Å². The quantitative estimate of drug-likeness (QED) is 0.626. The van der Waals surface area contributed by atoms with E-state index in [1.165, 1.54) is 19.5 Å². The van der Waals surface area contributed by atoms with Crippen LogP contribution in [0.4, 0.5) is 0 Å². The third-order valence-corrected chi connectivity index (χ3v) is 1.91. The monoisotopic (exact) mass is 193 g/mol. The molecule has 72 valence electrons. The lowest BCUT2D eigenvalue weighted by Crippen LogP contribution is -2.10. The van der Waals surface area contributed by atoms with Crippen LogP contribution in [-0.4, -0.2) is 28.3 Å². The summed E-state index contributed by atoms with van der Waals surface area (Å²) in [5.41, 5.74) is 0.363. The van der Waals surface area contributed by atoms with Crippen LogP contribution in [0.3, 0.4) is 0 Å². The zero-order valence-electron chi connectivity index (χ0n) is 7.33. The Labute approximate surface area is 77.9 Å². The van der Waals surface area contributed by atoms with Crippen LogP contribution in [0.15, 0.2) is 17.2 Å². The molecule has 0 bridgehead atoms. The standard InChI is InChI=1S/C8H7N3O3/c1-14-8(13)5-2-9-7(12)4-3-10-11-6(4)5/h2-3H,1H3,(H,9,12)(H,10,11). The van der Waals surface area contributed by atoms with Crippen LogP contribution >= 0.6 is 0 Å². The molecule has 2 N–H and O–H groups in total. The molecule has 2 aromatic heterocycles. The van der Waals surface area contributed by atoms with Crippen LogP contribution < -0.4 is 5.56 Å². The van der Waals surface area contributed by atoms with Gasteiger partial charge in [-0.15, -0.1) is 0 Å². The molecule has 0 aliphatic heterocycles. The number of rotatable bonds is 1. The second-order valence-corrected chi connectivity index (χ2v) is 2.68. The number of aromatic nitrogens is 3. The minimum Gasteiger partial charge on any atom is -0.465 e. The molecule has 0 aliphatic rings. The Morgan fingerprint density at radius 1 is 1.57 bits per heavy atom. The van der Waals surface area contributed by atoms with Crippen molar-refractivity contribution in [3.63, 3.8) is 0 Å². The van der Waals surface area contributed by atoms with Gasteiger partial charge in [0, 0.05) is 6.20 Å². The fraction of sp³-hybridized carbons (Fsp3) is 0.125. The highest BCUT2D eigenvalue weighted by Crippen LogP contribution is 2.11. The summed E-state index contributed by atoms with van der Waals surface area (Å²) < 4.78 is 4.54. The number of pyridine rings is 1. The lowest BCUT2D eigenvalue weighted by atomic mass is 10.2. The van der Waals surface area contributed by atoms with Crippen LogP contribution in [0.2, 0.25) is 0 Å². The molecule has 0 aromatic carbocycles. The summed E-state index contributed by atoms with van der Waals surface area (Å²) in [4.78, 5) is 24.9. The first-order chi connectivity index (χ1) is 6.74. The van der Waals surface area contributed by atoms with Crippen molar-refractivity contribution in [2.45, 2.75) is 0 Å². The van der Waals surface area contributed by atoms with Gasteiger partial charge >= 0.3 is 5.97 Å². The molecule has 2 aromatic rings. The van der Waals surface area contributed by atoms with Gasteiger partial charge in [-0.05, 0) is 0 Å². The number of esters is 1. The largest absolute Gasteiger partial charge is 0.465 e. The second kappa shape index (κ2) is 2.99. The Morgan fingerprint density at radius 3 is 3.07 bits per heavy atom. The number of nitrogens with one attached hydrogen (secondary N) is 2. The molecule has 14 heavy (non-hydrogen) atoms. The van der Waals surface area contributed by atoms with E-state index in [1.54, 1.807) is 0 Å². The van der Waals surface area contributed by atoms with E-state index < -0.39 is 5.97 Å². The molecule has 0 saturated heterocycles. The molecule has 6 nitrogen and oxygen atoms in total. The number of fused-ring (bicyclic) bond motifs is 1. The minimum atomic E-state index is -0.518. The van der Waals surface area contributed by atoms with Gasteiger partial charge < -0.3 is 9.72 Å². The van der Waals surface area contributed by atoms with Gasteiger partial charge in [-0.2, -0.15) is 5.10 Å². The highest BCUT2D eigenvalue weighted by atomic mass is 16.5. The lowest BCUT2D eigenvalue weighted by Gasteiger charge is -1.98. The average Bonchev–Trinajstić information content (AvgIpc) is 2.67. The van der Waals surface area contributed by atoms with Gasteiger partial charge in [-0.1, -0.05) is 0 Å². The van der Waals surface area contributed by atoms with Crippen LogP contribution in [0, 0.1) is 0 Å². The van der Waals surface area contributed by atoms with E-state index in [-0.39, 0.29) is 11.1 Å². The first-order valence-electron chi connectivity index (χ1n) is 3.87. The van der Waals surface area contributed by atoms with Gasteiger partial charge in [0.15, 0.2) is 0 Å². The first kappa shape index (κ1) is 8.49. The van der Waals surface area contributed by atoms with Crippen LogP contribution in [-0.2, 0) is 4.74 Å². The molecule has 0 radical (unpaired) electrons. The number of carbonyl (C=O) groups excluding carboxylic acids is 1. The maximum atomic E-state index is 11.2. The summed E-state index contributed by atoms with van der Waals surface area (Å²) in [6.45, 7) is 0. The summed E-state index contributed by atoms with van der Waals surface area (Å²) in [6, 6.07) is 0. The van der Waals surface area contributed by atoms with E-state index >= 15 is 0 Å². The van der Waals surface area contributed by atoms with Crippen LogP contribution in [0.5, 0.6) is 0 Å². The molecule has 0 atom stereocenters. The predicted molar refractivity (Wildman–Crippen MR) is 48.1 cm³/mol. The second-order valence-electron chi connectivity index (χ2n) is 2.68. The highest BCUT2D eigenvalue weighted by Gasteiger charge is 2.13. The predicted octanol–water partition coefficient (Wildman–Crippen LogP) is 0.0378. The fourth-order valence-electron chi connectivity index (χ4n) is 1.22. The molecule has 0 amide bonds. The van der Waals surface area contributed by atoms with Gasteiger partial charge in [0.05, 0.1) is 24.2 Å². The van der Waals surface area contributed by atoms with Gasteiger partial charge in [-0.3, -0.25) is 9.89 Å². The Hall–Kier alpha value is -2.11. The van der Waals surface area contributed by atoms with Crippen molar-refractivity contribution < 1.29 is 9.53 Å². The molecular formula is C8H7N3O3. The Balaban J connectivity index is 2.79. The third kappa shape index (κ3) is 1.08. The summed E-state index contributed by atoms with van der Waals surface area (Å²) in [7, 11) is 1.27. The summed E-state index contributed by atoms with van der Waals surface area (Å²) in [5, 5.41) is 6.60. The Kier molecular flexibility index (Phi) is 1.81. The molecule has 2 rings (SSSR count). The number of carbonyl (C=O) groups is 1. The third-order valence-electron chi connectivity index (χ3n) is 1.91. The van der Waals surface area contributed by atoms with Crippen molar-refractivity contribution in [3.8, 4) is 0 Å². The van der Waals surface area contributed by atoms with E-state index in [0.717, 1.165) is 0 Å². The Morgan fingerprint density at radius 2 is 2.36 bits per heavy atom. The molecule has 0 unspecified atom stereocenters. The molecule has 0 fully saturated rings. The van der Waals surface area contributed by atoms with E-state index in [0.29, 0.717) is 10.9 Å². The van der Waals surface area contributed by atoms with Gasteiger partial charge in [0.25, 0.3) is 5.56 Å². The molecule has 0 aliphatic carbocycles. The first-order valence-corrected chi connectivity index (χ1v) is 3.87. The minimum absolute atomic E-state index is 0.264.